The Morgan fingerprint density at radius 3 is 2.33 bits per heavy atom. The summed E-state index contributed by atoms with van der Waals surface area (Å²) in [5.74, 6) is -1.10. The molecule has 7 heteroatoms. The zero-order valence-electron chi connectivity index (χ0n) is 13.7. The van der Waals surface area contributed by atoms with Gasteiger partial charge in [0.25, 0.3) is 11.8 Å². The molecule has 0 fully saturated rings. The predicted molar refractivity (Wildman–Crippen MR) is 85.7 cm³/mol. The van der Waals surface area contributed by atoms with Gasteiger partial charge in [-0.2, -0.15) is 0 Å². The summed E-state index contributed by atoms with van der Waals surface area (Å²) in [6.45, 7) is 0.157. The number of imide groups is 1. The van der Waals surface area contributed by atoms with Crippen molar-refractivity contribution in [3.63, 3.8) is 0 Å². The van der Waals surface area contributed by atoms with Crippen LogP contribution in [0.5, 0.6) is 17.2 Å². The summed E-state index contributed by atoms with van der Waals surface area (Å²) >= 11 is 0. The fourth-order valence-electron chi connectivity index (χ4n) is 2.30. The Bertz CT molecular complexity index is 686. The molecule has 6 nitrogen and oxygen atoms in total. The minimum atomic E-state index is -0.916. The number of halogens is 1. The van der Waals surface area contributed by atoms with Crippen molar-refractivity contribution in [2.75, 3.05) is 27.9 Å². The number of rotatable bonds is 5. The molecular formula is C17H18FNO5. The molecule has 2 amide bonds. The summed E-state index contributed by atoms with van der Waals surface area (Å²) in [6.07, 6.45) is 4.18. The lowest BCUT2D eigenvalue weighted by Crippen LogP contribution is -2.38. The largest absolute Gasteiger partial charge is 0.493 e. The zero-order chi connectivity index (χ0) is 17.7. The van der Waals surface area contributed by atoms with Crippen molar-refractivity contribution in [2.45, 2.75) is 6.42 Å². The van der Waals surface area contributed by atoms with Crippen LogP contribution < -0.4 is 14.2 Å². The Morgan fingerprint density at radius 1 is 1.17 bits per heavy atom. The van der Waals surface area contributed by atoms with Crippen molar-refractivity contribution in [1.29, 1.82) is 0 Å². The Labute approximate surface area is 139 Å². The summed E-state index contributed by atoms with van der Waals surface area (Å²) in [5.41, 5.74) is 0.610. The van der Waals surface area contributed by atoms with E-state index in [1.54, 1.807) is 12.1 Å². The second-order valence-electron chi connectivity index (χ2n) is 4.93. The number of hydrogen-bond acceptors (Lipinski definition) is 5. The van der Waals surface area contributed by atoms with Gasteiger partial charge in [0.2, 0.25) is 5.75 Å². The molecular weight excluding hydrogens is 317 g/mol. The molecule has 0 atom stereocenters. The van der Waals surface area contributed by atoms with Gasteiger partial charge in [-0.05, 0) is 36.3 Å². The SMILES string of the molecule is COc1cc(C=CC(=O)N2CCC=C(F)C2=O)cc(OC)c1OC. The molecule has 1 aliphatic rings. The molecule has 0 saturated carbocycles. The Hall–Kier alpha value is -2.83. The van der Waals surface area contributed by atoms with Crippen LogP contribution >= 0.6 is 0 Å². The highest BCUT2D eigenvalue weighted by atomic mass is 19.1. The van der Waals surface area contributed by atoms with Gasteiger partial charge in [-0.3, -0.25) is 14.5 Å². The number of hydrogen-bond donors (Lipinski definition) is 0. The number of carbonyl (C=O) groups is 2. The molecule has 24 heavy (non-hydrogen) atoms. The first-order valence-corrected chi connectivity index (χ1v) is 7.21. The number of ether oxygens (including phenoxy) is 3. The molecule has 128 valence electrons. The minimum Gasteiger partial charge on any atom is -0.493 e. The van der Waals surface area contributed by atoms with Crippen LogP contribution in [0, 0.1) is 0 Å². The topological polar surface area (TPSA) is 65.1 Å². The third-order valence-electron chi connectivity index (χ3n) is 3.50. The molecule has 1 heterocycles. The summed E-state index contributed by atoms with van der Waals surface area (Å²) in [6, 6.07) is 3.31. The first kappa shape index (κ1) is 17.5. The van der Waals surface area contributed by atoms with Gasteiger partial charge in [0.05, 0.1) is 21.3 Å². The summed E-state index contributed by atoms with van der Waals surface area (Å²) in [4.78, 5) is 24.6. The standard InChI is InChI=1S/C17H18FNO5/c1-22-13-9-11(10-14(23-2)16(13)24-3)6-7-15(20)19-8-4-5-12(18)17(19)21/h5-7,9-10H,4,8H2,1-3H3. The molecule has 1 aromatic carbocycles. The van der Waals surface area contributed by atoms with Gasteiger partial charge in [0.15, 0.2) is 17.3 Å². The van der Waals surface area contributed by atoms with Gasteiger partial charge in [-0.15, -0.1) is 0 Å². The van der Waals surface area contributed by atoms with Crippen LogP contribution in [0.1, 0.15) is 12.0 Å². The zero-order valence-corrected chi connectivity index (χ0v) is 13.7. The van der Waals surface area contributed by atoms with E-state index < -0.39 is 17.6 Å². The molecule has 0 saturated heterocycles. The molecule has 0 unspecified atom stereocenters. The molecule has 2 rings (SSSR count). The van der Waals surface area contributed by atoms with Crippen LogP contribution in [0.4, 0.5) is 4.39 Å². The first-order chi connectivity index (χ1) is 11.5. The summed E-state index contributed by atoms with van der Waals surface area (Å²) in [7, 11) is 4.46. The third-order valence-corrected chi connectivity index (χ3v) is 3.50. The highest BCUT2D eigenvalue weighted by Gasteiger charge is 2.26. The molecule has 0 aliphatic carbocycles. The molecule has 1 aromatic rings. The Kier molecular flexibility index (Phi) is 5.57. The monoisotopic (exact) mass is 335 g/mol. The van der Waals surface area contributed by atoms with Crippen LogP contribution in [-0.4, -0.2) is 44.6 Å². The molecule has 0 aromatic heterocycles. The van der Waals surface area contributed by atoms with Crippen molar-refractivity contribution in [2.24, 2.45) is 0 Å². The predicted octanol–water partition coefficient (Wildman–Crippen LogP) is 2.34. The normalized spacial score (nSPS) is 14.6. The van der Waals surface area contributed by atoms with Crippen molar-refractivity contribution in [3.8, 4) is 17.2 Å². The van der Waals surface area contributed by atoms with Crippen molar-refractivity contribution < 1.29 is 28.2 Å². The quantitative estimate of drug-likeness (QED) is 0.773. The lowest BCUT2D eigenvalue weighted by molar-refractivity contribution is -0.140. The maximum Gasteiger partial charge on any atom is 0.289 e. The number of carbonyl (C=O) groups excluding carboxylic acids is 2. The lowest BCUT2D eigenvalue weighted by Gasteiger charge is -2.20. The van der Waals surface area contributed by atoms with Gasteiger partial charge in [0.1, 0.15) is 0 Å². The number of methoxy groups -OCH3 is 3. The molecule has 0 radical (unpaired) electrons. The average Bonchev–Trinajstić information content (AvgIpc) is 2.60. The number of amides is 2. The minimum absolute atomic E-state index is 0.157. The van der Waals surface area contributed by atoms with Crippen molar-refractivity contribution in [3.05, 3.63) is 35.7 Å². The second kappa shape index (κ2) is 7.63. The highest BCUT2D eigenvalue weighted by molar-refractivity contribution is 6.08. The summed E-state index contributed by atoms with van der Waals surface area (Å²) < 4.78 is 29.0. The van der Waals surface area contributed by atoms with Crippen LogP contribution in [-0.2, 0) is 9.59 Å². The van der Waals surface area contributed by atoms with Crippen LogP contribution in [0.25, 0.3) is 6.08 Å². The Balaban J connectivity index is 2.24. The second-order valence-corrected chi connectivity index (χ2v) is 4.93. The fraction of sp³-hybridized carbons (Fsp3) is 0.294. The molecule has 1 aliphatic heterocycles. The maximum atomic E-state index is 13.3. The number of benzene rings is 1. The van der Waals surface area contributed by atoms with E-state index in [-0.39, 0.29) is 6.54 Å². The molecule has 0 spiro atoms. The smallest absolute Gasteiger partial charge is 0.289 e. The van der Waals surface area contributed by atoms with E-state index >= 15 is 0 Å². The van der Waals surface area contributed by atoms with E-state index in [4.69, 9.17) is 14.2 Å². The Morgan fingerprint density at radius 2 is 1.79 bits per heavy atom. The molecule has 0 N–H and O–H groups in total. The molecule has 0 bridgehead atoms. The van der Waals surface area contributed by atoms with Crippen molar-refractivity contribution in [1.82, 2.24) is 4.90 Å². The van der Waals surface area contributed by atoms with E-state index in [9.17, 15) is 14.0 Å². The number of nitrogens with zero attached hydrogens (tertiary/aromatic N) is 1. The van der Waals surface area contributed by atoms with Crippen molar-refractivity contribution >= 4 is 17.9 Å². The maximum absolute atomic E-state index is 13.3. The van der Waals surface area contributed by atoms with Crippen LogP contribution in [0.3, 0.4) is 0 Å². The highest BCUT2D eigenvalue weighted by Crippen LogP contribution is 2.38. The van der Waals surface area contributed by atoms with Crippen LogP contribution in [0.15, 0.2) is 30.1 Å². The fourth-order valence-corrected chi connectivity index (χ4v) is 2.30. The first-order valence-electron chi connectivity index (χ1n) is 7.21. The van der Waals surface area contributed by atoms with Gasteiger partial charge in [-0.1, -0.05) is 0 Å². The van der Waals surface area contributed by atoms with Crippen LogP contribution in [0.2, 0.25) is 0 Å². The van der Waals surface area contributed by atoms with Gasteiger partial charge >= 0.3 is 0 Å². The lowest BCUT2D eigenvalue weighted by atomic mass is 10.1. The van der Waals surface area contributed by atoms with E-state index in [0.29, 0.717) is 29.2 Å². The van der Waals surface area contributed by atoms with E-state index in [1.807, 2.05) is 0 Å². The summed E-state index contributed by atoms with van der Waals surface area (Å²) in [5, 5.41) is 0. The van der Waals surface area contributed by atoms with Gasteiger partial charge in [0, 0.05) is 12.6 Å². The van der Waals surface area contributed by atoms with E-state index in [1.165, 1.54) is 39.6 Å². The average molecular weight is 335 g/mol. The van der Waals surface area contributed by atoms with Gasteiger partial charge in [-0.25, -0.2) is 4.39 Å². The third kappa shape index (κ3) is 3.56. The van der Waals surface area contributed by atoms with E-state index in [2.05, 4.69) is 0 Å². The van der Waals surface area contributed by atoms with Gasteiger partial charge < -0.3 is 14.2 Å². The van der Waals surface area contributed by atoms with E-state index in [0.717, 1.165) is 4.90 Å².